The number of pyridine rings is 1. The second-order valence-corrected chi connectivity index (χ2v) is 4.39. The predicted molar refractivity (Wildman–Crippen MR) is 63.9 cm³/mol. The lowest BCUT2D eigenvalue weighted by molar-refractivity contribution is 0.100. The summed E-state index contributed by atoms with van der Waals surface area (Å²) in [5.74, 6) is 0.197. The molecule has 2 N–H and O–H groups in total. The number of amides is 1. The maximum Gasteiger partial charge on any atom is 0.252 e. The zero-order valence-electron chi connectivity index (χ0n) is 9.16. The van der Waals surface area contributed by atoms with Crippen LogP contribution in [0.4, 0.5) is 5.82 Å². The van der Waals surface area contributed by atoms with Gasteiger partial charge in [-0.05, 0) is 25.8 Å². The molecule has 0 aliphatic carbocycles. The minimum Gasteiger partial charge on any atom is -0.365 e. The normalized spacial score (nSPS) is 15.5. The quantitative estimate of drug-likeness (QED) is 0.855. The first-order chi connectivity index (χ1) is 7.59. The van der Waals surface area contributed by atoms with Crippen molar-refractivity contribution in [1.29, 1.82) is 0 Å². The predicted octanol–water partition coefficient (Wildman–Crippen LogP) is 1.74. The van der Waals surface area contributed by atoms with Crippen molar-refractivity contribution in [3.8, 4) is 0 Å². The number of carbonyl (C=O) groups excluding carboxylic acids is 1. The van der Waals surface area contributed by atoms with Crippen LogP contribution in [0.15, 0.2) is 6.07 Å². The first-order valence-corrected chi connectivity index (χ1v) is 5.69. The molecule has 4 nitrogen and oxygen atoms in total. The molecule has 0 atom stereocenters. The number of halogens is 1. The molecule has 1 aliphatic heterocycles. The second-order valence-electron chi connectivity index (χ2n) is 3.99. The molecule has 0 spiro atoms. The third-order valence-electron chi connectivity index (χ3n) is 2.80. The Balaban J connectivity index is 2.48. The smallest absolute Gasteiger partial charge is 0.252 e. The fourth-order valence-corrected chi connectivity index (χ4v) is 2.07. The number of nitrogens with zero attached hydrogens (tertiary/aromatic N) is 2. The molecule has 1 aliphatic rings. The van der Waals surface area contributed by atoms with E-state index in [9.17, 15) is 4.79 Å². The van der Waals surface area contributed by atoms with Crippen LogP contribution in [0.25, 0.3) is 0 Å². The van der Waals surface area contributed by atoms with E-state index < -0.39 is 5.91 Å². The molecule has 5 heteroatoms. The summed E-state index contributed by atoms with van der Waals surface area (Å²) in [7, 11) is 0. The lowest BCUT2D eigenvalue weighted by atomic mass is 10.2. The van der Waals surface area contributed by atoms with Gasteiger partial charge in [-0.1, -0.05) is 11.6 Å². The lowest BCUT2D eigenvalue weighted by Crippen LogP contribution is -2.24. The number of hydrogen-bond acceptors (Lipinski definition) is 3. The highest BCUT2D eigenvalue weighted by atomic mass is 35.5. The van der Waals surface area contributed by atoms with Gasteiger partial charge in [0.2, 0.25) is 0 Å². The topological polar surface area (TPSA) is 59.2 Å². The summed E-state index contributed by atoms with van der Waals surface area (Å²) in [5.41, 5.74) is 6.48. The van der Waals surface area contributed by atoms with E-state index in [1.807, 2.05) is 6.92 Å². The highest BCUT2D eigenvalue weighted by molar-refractivity contribution is 6.31. The van der Waals surface area contributed by atoms with Crippen LogP contribution in [-0.4, -0.2) is 24.0 Å². The number of carbonyl (C=O) groups is 1. The van der Waals surface area contributed by atoms with Crippen molar-refractivity contribution < 1.29 is 4.79 Å². The van der Waals surface area contributed by atoms with Crippen LogP contribution in [0.5, 0.6) is 0 Å². The Morgan fingerprint density at radius 2 is 2.12 bits per heavy atom. The summed E-state index contributed by atoms with van der Waals surface area (Å²) in [6.07, 6.45) is 2.25. The van der Waals surface area contributed by atoms with E-state index in [-0.39, 0.29) is 0 Å². The van der Waals surface area contributed by atoms with Gasteiger partial charge in [0.1, 0.15) is 5.82 Å². The first kappa shape index (κ1) is 11.2. The monoisotopic (exact) mass is 239 g/mol. The Morgan fingerprint density at radius 3 is 2.69 bits per heavy atom. The van der Waals surface area contributed by atoms with Gasteiger partial charge < -0.3 is 10.6 Å². The van der Waals surface area contributed by atoms with Crippen LogP contribution in [0.1, 0.15) is 28.9 Å². The number of nitrogens with two attached hydrogens (primary N) is 1. The van der Waals surface area contributed by atoms with E-state index in [1.54, 1.807) is 6.07 Å². The van der Waals surface area contributed by atoms with E-state index in [0.29, 0.717) is 16.4 Å². The standard InChI is InChI=1S/C11H14ClN3O/c1-7-9(12)6-8(10(13)16)11(14-7)15-4-2-3-5-15/h6H,2-5H2,1H3,(H2,13,16). The molecule has 1 fully saturated rings. The van der Waals surface area contributed by atoms with Crippen LogP contribution < -0.4 is 10.6 Å². The maximum atomic E-state index is 11.3. The van der Waals surface area contributed by atoms with E-state index in [4.69, 9.17) is 17.3 Å². The Morgan fingerprint density at radius 1 is 1.50 bits per heavy atom. The van der Waals surface area contributed by atoms with E-state index in [2.05, 4.69) is 9.88 Å². The minimum absolute atomic E-state index is 0.414. The van der Waals surface area contributed by atoms with Crippen molar-refractivity contribution in [3.63, 3.8) is 0 Å². The highest BCUT2D eigenvalue weighted by Gasteiger charge is 2.21. The molecule has 0 saturated carbocycles. The molecule has 1 aromatic heterocycles. The number of rotatable bonds is 2. The molecule has 0 unspecified atom stereocenters. The van der Waals surface area contributed by atoms with E-state index in [0.717, 1.165) is 31.6 Å². The minimum atomic E-state index is -0.476. The van der Waals surface area contributed by atoms with Crippen LogP contribution >= 0.6 is 11.6 Å². The number of primary amides is 1. The zero-order valence-corrected chi connectivity index (χ0v) is 9.92. The molecule has 2 rings (SSSR count). The van der Waals surface area contributed by atoms with Crippen molar-refractivity contribution in [1.82, 2.24) is 4.98 Å². The molecule has 0 aromatic carbocycles. The fourth-order valence-electron chi connectivity index (χ4n) is 1.92. The van der Waals surface area contributed by atoms with Crippen molar-refractivity contribution in [2.24, 2.45) is 5.73 Å². The fraction of sp³-hybridized carbons (Fsp3) is 0.455. The number of anilines is 1. The Labute approximate surface area is 99.4 Å². The van der Waals surface area contributed by atoms with Crippen LogP contribution in [0.2, 0.25) is 5.02 Å². The molecular formula is C11H14ClN3O. The summed E-state index contributed by atoms with van der Waals surface area (Å²) < 4.78 is 0. The van der Waals surface area contributed by atoms with Gasteiger partial charge in [-0.3, -0.25) is 4.79 Å². The van der Waals surface area contributed by atoms with Crippen molar-refractivity contribution in [3.05, 3.63) is 22.3 Å². The lowest BCUT2D eigenvalue weighted by Gasteiger charge is -2.19. The van der Waals surface area contributed by atoms with Crippen molar-refractivity contribution >= 4 is 23.3 Å². The van der Waals surface area contributed by atoms with Crippen LogP contribution in [0.3, 0.4) is 0 Å². The second kappa shape index (κ2) is 4.29. The summed E-state index contributed by atoms with van der Waals surface area (Å²) >= 11 is 5.95. The molecule has 2 heterocycles. The highest BCUT2D eigenvalue weighted by Crippen LogP contribution is 2.26. The summed E-state index contributed by atoms with van der Waals surface area (Å²) in [5, 5.41) is 0.483. The van der Waals surface area contributed by atoms with Gasteiger partial charge in [-0.15, -0.1) is 0 Å². The summed E-state index contributed by atoms with van der Waals surface area (Å²) in [6, 6.07) is 1.61. The Kier molecular flexibility index (Phi) is 3.01. The first-order valence-electron chi connectivity index (χ1n) is 5.31. The van der Waals surface area contributed by atoms with Crippen LogP contribution in [-0.2, 0) is 0 Å². The summed E-state index contributed by atoms with van der Waals surface area (Å²) in [6.45, 7) is 3.68. The third kappa shape index (κ3) is 1.97. The Hall–Kier alpha value is -1.29. The molecule has 0 bridgehead atoms. The van der Waals surface area contributed by atoms with Crippen molar-refractivity contribution in [2.45, 2.75) is 19.8 Å². The molecular weight excluding hydrogens is 226 g/mol. The SMILES string of the molecule is Cc1nc(N2CCCC2)c(C(N)=O)cc1Cl. The molecule has 1 amide bonds. The van der Waals surface area contributed by atoms with Gasteiger partial charge in [0.25, 0.3) is 5.91 Å². The molecule has 86 valence electrons. The molecule has 1 aromatic rings. The number of aryl methyl sites for hydroxylation is 1. The van der Waals surface area contributed by atoms with Gasteiger partial charge in [-0.2, -0.15) is 0 Å². The average Bonchev–Trinajstić information content (AvgIpc) is 2.74. The third-order valence-corrected chi connectivity index (χ3v) is 3.18. The Bertz CT molecular complexity index is 427. The molecule has 16 heavy (non-hydrogen) atoms. The maximum absolute atomic E-state index is 11.3. The van der Waals surface area contributed by atoms with E-state index >= 15 is 0 Å². The summed E-state index contributed by atoms with van der Waals surface area (Å²) in [4.78, 5) is 17.8. The molecule has 0 radical (unpaired) electrons. The van der Waals surface area contributed by atoms with Crippen molar-refractivity contribution in [2.75, 3.05) is 18.0 Å². The number of hydrogen-bond donors (Lipinski definition) is 1. The van der Waals surface area contributed by atoms with Gasteiger partial charge in [0.15, 0.2) is 0 Å². The van der Waals surface area contributed by atoms with E-state index in [1.165, 1.54) is 0 Å². The van der Waals surface area contributed by atoms with Gasteiger partial charge >= 0.3 is 0 Å². The zero-order chi connectivity index (χ0) is 11.7. The number of aromatic nitrogens is 1. The van der Waals surface area contributed by atoms with Gasteiger partial charge in [0.05, 0.1) is 16.3 Å². The molecule has 1 saturated heterocycles. The average molecular weight is 240 g/mol. The van der Waals surface area contributed by atoms with Gasteiger partial charge in [0, 0.05) is 13.1 Å². The van der Waals surface area contributed by atoms with Crippen LogP contribution in [0, 0.1) is 6.92 Å². The van der Waals surface area contributed by atoms with Gasteiger partial charge in [-0.25, -0.2) is 4.98 Å². The largest absolute Gasteiger partial charge is 0.365 e.